The number of nitrogens with zero attached hydrogens (tertiary/aromatic N) is 6. The van der Waals surface area contributed by atoms with Crippen molar-refractivity contribution in [1.82, 2.24) is 34.8 Å². The van der Waals surface area contributed by atoms with Crippen LogP contribution >= 0.6 is 0 Å². The van der Waals surface area contributed by atoms with E-state index in [1.807, 2.05) is 32.0 Å². The molecule has 1 N–H and O–H groups in total. The molecule has 0 bridgehead atoms. The predicted molar refractivity (Wildman–Crippen MR) is 93.3 cm³/mol. The van der Waals surface area contributed by atoms with Gasteiger partial charge in [-0.1, -0.05) is 30.3 Å². The normalized spacial score (nSPS) is 11.3. The lowest BCUT2D eigenvalue weighted by atomic mass is 10.1. The van der Waals surface area contributed by atoms with E-state index in [9.17, 15) is 0 Å². The van der Waals surface area contributed by atoms with E-state index in [1.165, 1.54) is 17.5 Å². The van der Waals surface area contributed by atoms with Gasteiger partial charge in [0.1, 0.15) is 12.2 Å². The highest BCUT2D eigenvalue weighted by atomic mass is 15.3. The summed E-state index contributed by atoms with van der Waals surface area (Å²) < 4.78 is 1.78. The van der Waals surface area contributed by atoms with Gasteiger partial charge in [-0.15, -0.1) is 0 Å². The second kappa shape index (κ2) is 6.43. The van der Waals surface area contributed by atoms with E-state index in [0.717, 1.165) is 42.3 Å². The van der Waals surface area contributed by atoms with Crippen LogP contribution in [-0.4, -0.2) is 34.8 Å². The lowest BCUT2D eigenvalue weighted by molar-refractivity contribution is 0.802. The molecule has 25 heavy (non-hydrogen) atoms. The second-order valence-electron chi connectivity index (χ2n) is 6.09. The smallest absolute Gasteiger partial charge is 0.252 e. The van der Waals surface area contributed by atoms with Crippen molar-refractivity contribution < 1.29 is 0 Å². The van der Waals surface area contributed by atoms with Gasteiger partial charge in [-0.05, 0) is 31.4 Å². The van der Waals surface area contributed by atoms with E-state index < -0.39 is 0 Å². The molecule has 7 heteroatoms. The molecule has 0 saturated heterocycles. The zero-order chi connectivity index (χ0) is 17.2. The third-order valence-electron chi connectivity index (χ3n) is 4.38. The summed E-state index contributed by atoms with van der Waals surface area (Å²) >= 11 is 0. The maximum absolute atomic E-state index is 4.61. The van der Waals surface area contributed by atoms with Crippen LogP contribution in [0.3, 0.4) is 0 Å². The molecular weight excluding hydrogens is 314 g/mol. The molecule has 0 radical (unpaired) electrons. The Kier molecular flexibility index (Phi) is 3.97. The van der Waals surface area contributed by atoms with Gasteiger partial charge < -0.3 is 0 Å². The Morgan fingerprint density at radius 3 is 2.72 bits per heavy atom. The van der Waals surface area contributed by atoms with Crippen molar-refractivity contribution in [2.24, 2.45) is 0 Å². The number of aryl methyl sites for hydroxylation is 3. The largest absolute Gasteiger partial charge is 0.263 e. The average molecular weight is 333 g/mol. The first kappa shape index (κ1) is 15.4. The fraction of sp³-hybridized carbons (Fsp3) is 0.278. The minimum atomic E-state index is 0.641. The van der Waals surface area contributed by atoms with Crippen molar-refractivity contribution in [1.29, 1.82) is 0 Å². The monoisotopic (exact) mass is 333 g/mol. The number of aromatic amines is 1. The molecule has 0 fully saturated rings. The number of benzene rings is 1. The van der Waals surface area contributed by atoms with Crippen LogP contribution in [0, 0.1) is 13.8 Å². The topological polar surface area (TPSA) is 84.6 Å². The maximum atomic E-state index is 4.61. The molecule has 0 amide bonds. The SMILES string of the molecule is Cc1nc2ncnn2c(C)c1CCc1n[nH]c(Cc2ccccc2)n1. The number of H-pyrrole nitrogens is 1. The van der Waals surface area contributed by atoms with Gasteiger partial charge in [0.15, 0.2) is 5.82 Å². The summed E-state index contributed by atoms with van der Waals surface area (Å²) in [5.41, 5.74) is 4.45. The van der Waals surface area contributed by atoms with Crippen LogP contribution in [0.15, 0.2) is 36.7 Å². The summed E-state index contributed by atoms with van der Waals surface area (Å²) in [4.78, 5) is 13.3. The van der Waals surface area contributed by atoms with E-state index in [0.29, 0.717) is 5.78 Å². The molecule has 7 nitrogen and oxygen atoms in total. The second-order valence-corrected chi connectivity index (χ2v) is 6.09. The Morgan fingerprint density at radius 2 is 1.88 bits per heavy atom. The number of fused-ring (bicyclic) bond motifs is 1. The number of nitrogens with one attached hydrogen (secondary N) is 1. The highest BCUT2D eigenvalue weighted by molar-refractivity contribution is 5.36. The molecule has 0 aliphatic rings. The van der Waals surface area contributed by atoms with Crippen molar-refractivity contribution in [2.75, 3.05) is 0 Å². The van der Waals surface area contributed by atoms with Gasteiger partial charge in [-0.25, -0.2) is 14.5 Å². The Balaban J connectivity index is 1.49. The van der Waals surface area contributed by atoms with Crippen molar-refractivity contribution in [2.45, 2.75) is 33.1 Å². The molecule has 3 aromatic heterocycles. The van der Waals surface area contributed by atoms with Crippen LogP contribution < -0.4 is 0 Å². The molecule has 0 aliphatic carbocycles. The molecule has 0 unspecified atom stereocenters. The predicted octanol–water partition coefficient (Wildman–Crippen LogP) is 2.24. The van der Waals surface area contributed by atoms with Crippen LogP contribution in [0.1, 0.15) is 34.2 Å². The lowest BCUT2D eigenvalue weighted by Crippen LogP contribution is -2.07. The molecule has 1 aromatic carbocycles. The van der Waals surface area contributed by atoms with E-state index in [-0.39, 0.29) is 0 Å². The first-order valence-electron chi connectivity index (χ1n) is 8.30. The van der Waals surface area contributed by atoms with Crippen LogP contribution in [0.2, 0.25) is 0 Å². The first-order chi connectivity index (χ1) is 12.2. The minimum absolute atomic E-state index is 0.641. The van der Waals surface area contributed by atoms with Gasteiger partial charge in [0.25, 0.3) is 5.78 Å². The molecule has 0 atom stereocenters. The van der Waals surface area contributed by atoms with Gasteiger partial charge >= 0.3 is 0 Å². The quantitative estimate of drug-likeness (QED) is 0.605. The van der Waals surface area contributed by atoms with Crippen molar-refractivity contribution >= 4 is 5.78 Å². The Morgan fingerprint density at radius 1 is 1.04 bits per heavy atom. The fourth-order valence-electron chi connectivity index (χ4n) is 3.07. The summed E-state index contributed by atoms with van der Waals surface area (Å²) in [5.74, 6) is 2.35. The molecular formula is C18H19N7. The van der Waals surface area contributed by atoms with E-state index in [1.54, 1.807) is 4.52 Å². The summed E-state index contributed by atoms with van der Waals surface area (Å²) in [6.45, 7) is 4.06. The minimum Gasteiger partial charge on any atom is -0.263 e. The van der Waals surface area contributed by atoms with Crippen LogP contribution in [0.25, 0.3) is 5.78 Å². The van der Waals surface area contributed by atoms with E-state index in [4.69, 9.17) is 0 Å². The van der Waals surface area contributed by atoms with Crippen LogP contribution in [0.4, 0.5) is 0 Å². The number of hydrogen-bond donors (Lipinski definition) is 1. The summed E-state index contributed by atoms with van der Waals surface area (Å²) in [5, 5.41) is 11.6. The average Bonchev–Trinajstić information content (AvgIpc) is 3.25. The third kappa shape index (κ3) is 3.13. The molecule has 0 spiro atoms. The van der Waals surface area contributed by atoms with Crippen molar-refractivity contribution in [3.05, 3.63) is 70.8 Å². The van der Waals surface area contributed by atoms with Crippen LogP contribution in [0.5, 0.6) is 0 Å². The van der Waals surface area contributed by atoms with Gasteiger partial charge in [0.05, 0.1) is 0 Å². The Labute approximate surface area is 145 Å². The zero-order valence-corrected chi connectivity index (χ0v) is 14.3. The number of hydrogen-bond acceptors (Lipinski definition) is 5. The summed E-state index contributed by atoms with van der Waals surface area (Å²) in [6.07, 6.45) is 3.87. The third-order valence-corrected chi connectivity index (χ3v) is 4.38. The Bertz CT molecular complexity index is 1000. The maximum Gasteiger partial charge on any atom is 0.252 e. The lowest BCUT2D eigenvalue weighted by Gasteiger charge is -2.09. The highest BCUT2D eigenvalue weighted by Crippen LogP contribution is 2.15. The molecule has 126 valence electrons. The van der Waals surface area contributed by atoms with Crippen LogP contribution in [-0.2, 0) is 19.3 Å². The molecule has 4 rings (SSSR count). The summed E-state index contributed by atoms with van der Waals surface area (Å²) in [6, 6.07) is 10.3. The van der Waals surface area contributed by atoms with Gasteiger partial charge in [0.2, 0.25) is 0 Å². The standard InChI is InChI=1S/C18H19N7/c1-12-15(13(2)25-18(21-12)19-11-20-25)8-9-16-22-17(24-23-16)10-14-6-4-3-5-7-14/h3-7,11H,8-10H2,1-2H3,(H,22,23,24). The molecule has 0 aliphatic heterocycles. The fourth-order valence-corrected chi connectivity index (χ4v) is 3.07. The zero-order valence-electron chi connectivity index (χ0n) is 14.3. The van der Waals surface area contributed by atoms with Gasteiger partial charge in [-0.3, -0.25) is 5.10 Å². The van der Waals surface area contributed by atoms with Crippen molar-refractivity contribution in [3.8, 4) is 0 Å². The molecule has 0 saturated carbocycles. The summed E-state index contributed by atoms with van der Waals surface area (Å²) in [7, 11) is 0. The van der Waals surface area contributed by atoms with Gasteiger partial charge in [0, 0.05) is 24.2 Å². The highest BCUT2D eigenvalue weighted by Gasteiger charge is 2.12. The van der Waals surface area contributed by atoms with Crippen molar-refractivity contribution in [3.63, 3.8) is 0 Å². The van der Waals surface area contributed by atoms with E-state index in [2.05, 4.69) is 42.4 Å². The first-order valence-corrected chi connectivity index (χ1v) is 8.30. The molecule has 4 aromatic rings. The van der Waals surface area contributed by atoms with Gasteiger partial charge in [-0.2, -0.15) is 15.2 Å². The van der Waals surface area contributed by atoms with E-state index >= 15 is 0 Å². The molecule has 3 heterocycles. The number of aromatic nitrogens is 7. The number of rotatable bonds is 5. The Hall–Kier alpha value is -3.09.